The van der Waals surface area contributed by atoms with E-state index in [2.05, 4.69) is 38.4 Å². The van der Waals surface area contributed by atoms with Gasteiger partial charge in [0.15, 0.2) is 0 Å². The van der Waals surface area contributed by atoms with Crippen LogP contribution in [0.5, 0.6) is 0 Å². The Morgan fingerprint density at radius 3 is 2.88 bits per heavy atom. The summed E-state index contributed by atoms with van der Waals surface area (Å²) in [6, 6.07) is 0.579. The van der Waals surface area contributed by atoms with E-state index in [-0.39, 0.29) is 0 Å². The molecular formula is C14H23NS. The van der Waals surface area contributed by atoms with Crippen LogP contribution in [-0.4, -0.2) is 6.04 Å². The molecule has 0 saturated heterocycles. The number of fused-ring (bicyclic) bond motifs is 1. The van der Waals surface area contributed by atoms with Gasteiger partial charge < -0.3 is 5.32 Å². The van der Waals surface area contributed by atoms with Gasteiger partial charge in [-0.1, -0.05) is 27.7 Å². The average Bonchev–Trinajstić information content (AvgIpc) is 2.55. The molecule has 1 nitrogen and oxygen atoms in total. The number of hydrogen-bond donors (Lipinski definition) is 1. The molecule has 1 aromatic rings. The molecule has 0 unspecified atom stereocenters. The maximum Gasteiger partial charge on any atom is 0.0218 e. The molecule has 1 aliphatic rings. The summed E-state index contributed by atoms with van der Waals surface area (Å²) < 4.78 is 0. The van der Waals surface area contributed by atoms with Crippen LogP contribution in [0.15, 0.2) is 5.38 Å². The second-order valence-corrected chi connectivity index (χ2v) is 7.00. The van der Waals surface area contributed by atoms with Gasteiger partial charge in [0, 0.05) is 17.5 Å². The van der Waals surface area contributed by atoms with Crippen LogP contribution in [0.4, 0.5) is 0 Å². The first-order valence-electron chi connectivity index (χ1n) is 6.29. The minimum Gasteiger partial charge on any atom is -0.310 e. The summed E-state index contributed by atoms with van der Waals surface area (Å²) in [6.45, 7) is 10.2. The van der Waals surface area contributed by atoms with Gasteiger partial charge in [-0.2, -0.15) is 0 Å². The quantitative estimate of drug-likeness (QED) is 0.844. The van der Waals surface area contributed by atoms with E-state index < -0.39 is 0 Å². The van der Waals surface area contributed by atoms with Gasteiger partial charge >= 0.3 is 0 Å². The highest BCUT2D eigenvalue weighted by molar-refractivity contribution is 7.10. The molecular weight excluding hydrogens is 214 g/mol. The number of rotatable bonds is 3. The molecule has 1 aromatic heterocycles. The van der Waals surface area contributed by atoms with E-state index in [1.54, 1.807) is 16.0 Å². The molecule has 0 saturated carbocycles. The molecule has 0 spiro atoms. The standard InChI is InChI=1S/C14H23NS/c1-10(2)15-8-11-9-16-13-7-14(3,4)6-5-12(11)13/h9-10,15H,5-8H2,1-4H3. The Morgan fingerprint density at radius 1 is 1.44 bits per heavy atom. The molecule has 1 aliphatic carbocycles. The van der Waals surface area contributed by atoms with Crippen molar-refractivity contribution in [1.82, 2.24) is 5.32 Å². The van der Waals surface area contributed by atoms with Crippen molar-refractivity contribution in [2.75, 3.05) is 0 Å². The third kappa shape index (κ3) is 2.67. The van der Waals surface area contributed by atoms with Crippen LogP contribution < -0.4 is 5.32 Å². The smallest absolute Gasteiger partial charge is 0.0218 e. The summed E-state index contributed by atoms with van der Waals surface area (Å²) in [5.41, 5.74) is 3.71. The van der Waals surface area contributed by atoms with Crippen LogP contribution in [0.3, 0.4) is 0 Å². The second kappa shape index (κ2) is 4.50. The lowest BCUT2D eigenvalue weighted by molar-refractivity contribution is 0.318. The monoisotopic (exact) mass is 237 g/mol. The van der Waals surface area contributed by atoms with Crippen LogP contribution in [0, 0.1) is 5.41 Å². The fraction of sp³-hybridized carbons (Fsp3) is 0.714. The molecule has 1 heterocycles. The van der Waals surface area contributed by atoms with Crippen LogP contribution in [0.25, 0.3) is 0 Å². The van der Waals surface area contributed by atoms with Crippen molar-refractivity contribution in [1.29, 1.82) is 0 Å². The van der Waals surface area contributed by atoms with Crippen LogP contribution in [0.2, 0.25) is 0 Å². The molecule has 0 aliphatic heterocycles. The fourth-order valence-corrected chi connectivity index (χ4v) is 3.72. The van der Waals surface area contributed by atoms with Gasteiger partial charge in [0.25, 0.3) is 0 Å². The summed E-state index contributed by atoms with van der Waals surface area (Å²) in [7, 11) is 0. The van der Waals surface area contributed by atoms with E-state index >= 15 is 0 Å². The summed E-state index contributed by atoms with van der Waals surface area (Å²) in [6.07, 6.45) is 3.89. The third-order valence-corrected chi connectivity index (χ3v) is 4.54. The van der Waals surface area contributed by atoms with Crippen molar-refractivity contribution in [2.24, 2.45) is 5.41 Å². The highest BCUT2D eigenvalue weighted by atomic mass is 32.1. The van der Waals surface area contributed by atoms with Gasteiger partial charge in [0.05, 0.1) is 0 Å². The van der Waals surface area contributed by atoms with Crippen LogP contribution in [0.1, 0.15) is 50.1 Å². The molecule has 0 amide bonds. The minimum absolute atomic E-state index is 0.514. The predicted molar refractivity (Wildman–Crippen MR) is 72.1 cm³/mol. The Kier molecular flexibility index (Phi) is 3.41. The van der Waals surface area contributed by atoms with Gasteiger partial charge in [0.1, 0.15) is 0 Å². The summed E-state index contributed by atoms with van der Waals surface area (Å²) in [4.78, 5) is 1.64. The minimum atomic E-state index is 0.514. The highest BCUT2D eigenvalue weighted by Crippen LogP contribution is 2.39. The second-order valence-electron chi connectivity index (χ2n) is 6.04. The molecule has 0 bridgehead atoms. The first-order chi connectivity index (χ1) is 7.48. The Bertz CT molecular complexity index is 363. The maximum atomic E-state index is 3.53. The molecule has 0 fully saturated rings. The molecule has 0 atom stereocenters. The fourth-order valence-electron chi connectivity index (χ4n) is 2.36. The molecule has 2 heteroatoms. The van der Waals surface area contributed by atoms with E-state index in [4.69, 9.17) is 0 Å². The summed E-state index contributed by atoms with van der Waals surface area (Å²) in [5.74, 6) is 0. The molecule has 0 aromatic carbocycles. The van der Waals surface area contributed by atoms with E-state index in [1.807, 2.05) is 11.3 Å². The highest BCUT2D eigenvalue weighted by Gasteiger charge is 2.27. The van der Waals surface area contributed by atoms with Crippen molar-refractivity contribution >= 4 is 11.3 Å². The predicted octanol–water partition coefficient (Wildman–Crippen LogP) is 3.76. The first kappa shape index (κ1) is 12.1. The van der Waals surface area contributed by atoms with Crippen LogP contribution in [-0.2, 0) is 19.4 Å². The van der Waals surface area contributed by atoms with Crippen molar-refractivity contribution in [3.8, 4) is 0 Å². The molecule has 2 rings (SSSR count). The van der Waals surface area contributed by atoms with Gasteiger partial charge in [-0.3, -0.25) is 0 Å². The average molecular weight is 237 g/mol. The number of thiophene rings is 1. The normalized spacial score (nSPS) is 18.8. The topological polar surface area (TPSA) is 12.0 Å². The van der Waals surface area contributed by atoms with Crippen molar-refractivity contribution in [2.45, 2.75) is 59.5 Å². The Hall–Kier alpha value is -0.340. The maximum absolute atomic E-state index is 3.53. The van der Waals surface area contributed by atoms with Crippen molar-refractivity contribution < 1.29 is 0 Å². The zero-order valence-electron chi connectivity index (χ0n) is 10.9. The molecule has 90 valence electrons. The Balaban J connectivity index is 2.10. The van der Waals surface area contributed by atoms with E-state index in [9.17, 15) is 0 Å². The number of nitrogens with one attached hydrogen (secondary N) is 1. The van der Waals surface area contributed by atoms with E-state index in [1.165, 1.54) is 19.3 Å². The van der Waals surface area contributed by atoms with E-state index in [0.29, 0.717) is 11.5 Å². The van der Waals surface area contributed by atoms with Gasteiger partial charge in [-0.15, -0.1) is 11.3 Å². The zero-order valence-corrected chi connectivity index (χ0v) is 11.7. The molecule has 16 heavy (non-hydrogen) atoms. The van der Waals surface area contributed by atoms with Gasteiger partial charge in [-0.05, 0) is 41.2 Å². The number of hydrogen-bond acceptors (Lipinski definition) is 2. The van der Waals surface area contributed by atoms with Crippen LogP contribution >= 0.6 is 11.3 Å². The lowest BCUT2D eigenvalue weighted by Crippen LogP contribution is -2.24. The van der Waals surface area contributed by atoms with Gasteiger partial charge in [0.2, 0.25) is 0 Å². The Morgan fingerprint density at radius 2 is 2.19 bits per heavy atom. The van der Waals surface area contributed by atoms with E-state index in [0.717, 1.165) is 6.54 Å². The first-order valence-corrected chi connectivity index (χ1v) is 7.17. The SMILES string of the molecule is CC(C)NCc1csc2c1CCC(C)(C)C2. The molecule has 1 N–H and O–H groups in total. The Labute approximate surface area is 103 Å². The van der Waals surface area contributed by atoms with Crippen molar-refractivity contribution in [3.63, 3.8) is 0 Å². The van der Waals surface area contributed by atoms with Gasteiger partial charge in [-0.25, -0.2) is 0 Å². The lowest BCUT2D eigenvalue weighted by atomic mass is 9.77. The zero-order chi connectivity index (χ0) is 11.8. The third-order valence-electron chi connectivity index (χ3n) is 3.46. The summed E-state index contributed by atoms with van der Waals surface area (Å²) >= 11 is 1.97. The summed E-state index contributed by atoms with van der Waals surface area (Å²) in [5, 5.41) is 5.89. The largest absolute Gasteiger partial charge is 0.310 e. The van der Waals surface area contributed by atoms with Crippen molar-refractivity contribution in [3.05, 3.63) is 21.4 Å². The molecule has 0 radical (unpaired) electrons. The lowest BCUT2D eigenvalue weighted by Gasteiger charge is -2.29.